The highest BCUT2D eigenvalue weighted by Gasteiger charge is 2.11. The number of hydrogen-bond acceptors (Lipinski definition) is 3. The van der Waals surface area contributed by atoms with E-state index in [1.165, 1.54) is 0 Å². The van der Waals surface area contributed by atoms with Crippen LogP contribution in [0.25, 0.3) is 0 Å². The Morgan fingerprint density at radius 2 is 1.90 bits per heavy atom. The number of carbonyl (C=O) groups is 1. The first-order valence-electron chi connectivity index (χ1n) is 6.48. The molecule has 0 saturated heterocycles. The van der Waals surface area contributed by atoms with Crippen LogP contribution >= 0.6 is 11.8 Å². The van der Waals surface area contributed by atoms with Crippen LogP contribution < -0.4 is 4.74 Å². The van der Waals surface area contributed by atoms with Gasteiger partial charge in [0.25, 0.3) is 0 Å². The van der Waals surface area contributed by atoms with Crippen LogP contribution in [-0.2, 0) is 0 Å². The van der Waals surface area contributed by atoms with Crippen molar-refractivity contribution in [3.63, 3.8) is 0 Å². The van der Waals surface area contributed by atoms with E-state index in [1.54, 1.807) is 11.8 Å². The van der Waals surface area contributed by atoms with Crippen LogP contribution in [0.5, 0.6) is 5.75 Å². The summed E-state index contributed by atoms with van der Waals surface area (Å²) in [5.74, 6) is 0.778. The van der Waals surface area contributed by atoms with E-state index in [2.05, 4.69) is 0 Å². The minimum absolute atomic E-state index is 0.0158. The Kier molecular flexibility index (Phi) is 4.85. The lowest BCUT2D eigenvalue weighted by atomic mass is 10.0. The Bertz CT molecular complexity index is 620. The minimum atomic E-state index is 0.0158. The van der Waals surface area contributed by atoms with Crippen LogP contribution in [0.2, 0.25) is 0 Å². The molecule has 0 spiro atoms. The molecule has 0 aliphatic rings. The van der Waals surface area contributed by atoms with Gasteiger partial charge < -0.3 is 4.74 Å². The second-order valence-electron chi connectivity index (χ2n) is 4.68. The first-order valence-corrected chi connectivity index (χ1v) is 7.70. The smallest absolute Gasteiger partial charge is 0.200 e. The third-order valence-corrected chi connectivity index (χ3v) is 3.90. The van der Waals surface area contributed by atoms with E-state index >= 15 is 0 Å². The number of ketones is 1. The van der Waals surface area contributed by atoms with E-state index < -0.39 is 0 Å². The van der Waals surface area contributed by atoms with E-state index in [0.717, 1.165) is 27.3 Å². The molecular formula is C17H18O2S. The number of para-hydroxylation sites is 1. The summed E-state index contributed by atoms with van der Waals surface area (Å²) in [6, 6.07) is 13.7. The quantitative estimate of drug-likeness (QED) is 0.606. The minimum Gasteiger partial charge on any atom is -0.484 e. The van der Waals surface area contributed by atoms with Gasteiger partial charge >= 0.3 is 0 Å². The van der Waals surface area contributed by atoms with Gasteiger partial charge in [-0.3, -0.25) is 4.79 Å². The lowest BCUT2D eigenvalue weighted by Crippen LogP contribution is -2.13. The second kappa shape index (κ2) is 6.62. The van der Waals surface area contributed by atoms with Gasteiger partial charge in [0.05, 0.1) is 0 Å². The Balaban J connectivity index is 2.11. The number of Topliss-reactive ketones (excluding diaryl/α,β-unsaturated/α-hetero) is 1. The fourth-order valence-corrected chi connectivity index (χ4v) is 2.54. The molecule has 0 aliphatic heterocycles. The molecule has 0 N–H and O–H groups in total. The van der Waals surface area contributed by atoms with Gasteiger partial charge in [-0.2, -0.15) is 0 Å². The maximum Gasteiger partial charge on any atom is 0.200 e. The van der Waals surface area contributed by atoms with Crippen molar-refractivity contribution in [2.24, 2.45) is 0 Å². The maximum absolute atomic E-state index is 12.3. The van der Waals surface area contributed by atoms with Crippen LogP contribution in [0.15, 0.2) is 47.4 Å². The van der Waals surface area contributed by atoms with Gasteiger partial charge in [-0.1, -0.05) is 29.8 Å². The first kappa shape index (κ1) is 14.7. The Labute approximate surface area is 124 Å². The highest BCUT2D eigenvalue weighted by molar-refractivity contribution is 7.98. The van der Waals surface area contributed by atoms with Gasteiger partial charge in [0.2, 0.25) is 0 Å². The van der Waals surface area contributed by atoms with E-state index in [4.69, 9.17) is 4.74 Å². The molecule has 0 fully saturated rings. The number of aryl methyl sites for hydroxylation is 2. The van der Waals surface area contributed by atoms with Crippen molar-refractivity contribution in [2.75, 3.05) is 12.9 Å². The summed E-state index contributed by atoms with van der Waals surface area (Å²) in [5, 5.41) is 0. The molecule has 0 saturated carbocycles. The van der Waals surface area contributed by atoms with E-state index in [0.29, 0.717) is 0 Å². The SMILES string of the molecule is CSc1ccccc1OCC(=O)c1cc(C)ccc1C. The van der Waals surface area contributed by atoms with Crippen LogP contribution in [0.3, 0.4) is 0 Å². The fraction of sp³-hybridized carbons (Fsp3) is 0.235. The van der Waals surface area contributed by atoms with Gasteiger partial charge in [0.1, 0.15) is 5.75 Å². The molecule has 2 aromatic carbocycles. The van der Waals surface area contributed by atoms with Crippen LogP contribution in [0.4, 0.5) is 0 Å². The summed E-state index contributed by atoms with van der Waals surface area (Å²) in [5.41, 5.74) is 2.82. The molecule has 2 nitrogen and oxygen atoms in total. The van der Waals surface area contributed by atoms with Gasteiger partial charge in [0, 0.05) is 10.5 Å². The summed E-state index contributed by atoms with van der Waals surface area (Å²) < 4.78 is 5.67. The predicted molar refractivity (Wildman–Crippen MR) is 84.0 cm³/mol. The fourth-order valence-electron chi connectivity index (χ4n) is 2.00. The second-order valence-corrected chi connectivity index (χ2v) is 5.53. The predicted octanol–water partition coefficient (Wildman–Crippen LogP) is 4.29. The number of thioether (sulfide) groups is 1. The lowest BCUT2D eigenvalue weighted by Gasteiger charge is -2.10. The monoisotopic (exact) mass is 286 g/mol. The molecule has 3 heteroatoms. The zero-order valence-electron chi connectivity index (χ0n) is 12.0. The molecule has 0 bridgehead atoms. The molecule has 0 heterocycles. The van der Waals surface area contributed by atoms with E-state index in [9.17, 15) is 4.79 Å². The van der Waals surface area contributed by atoms with Crippen molar-refractivity contribution in [1.82, 2.24) is 0 Å². The molecule has 0 atom stereocenters. The number of rotatable bonds is 5. The number of hydrogen-bond donors (Lipinski definition) is 0. The first-order chi connectivity index (χ1) is 9.61. The zero-order chi connectivity index (χ0) is 14.5. The lowest BCUT2D eigenvalue weighted by molar-refractivity contribution is 0.0919. The van der Waals surface area contributed by atoms with Crippen molar-refractivity contribution in [1.29, 1.82) is 0 Å². The molecule has 0 aromatic heterocycles. The molecule has 0 unspecified atom stereocenters. The van der Waals surface area contributed by atoms with Crippen LogP contribution in [0, 0.1) is 13.8 Å². The maximum atomic E-state index is 12.3. The van der Waals surface area contributed by atoms with Crippen molar-refractivity contribution in [3.8, 4) is 5.75 Å². The van der Waals surface area contributed by atoms with Crippen molar-refractivity contribution >= 4 is 17.5 Å². The summed E-state index contributed by atoms with van der Waals surface area (Å²) in [7, 11) is 0. The highest BCUT2D eigenvalue weighted by atomic mass is 32.2. The van der Waals surface area contributed by atoms with Gasteiger partial charge in [-0.15, -0.1) is 11.8 Å². The standard InChI is InChI=1S/C17H18O2S/c1-12-8-9-13(2)14(10-12)15(18)11-19-16-6-4-5-7-17(16)20-3/h4-10H,11H2,1-3H3. The molecule has 104 valence electrons. The molecule has 0 amide bonds. The number of benzene rings is 2. The van der Waals surface area contributed by atoms with Crippen molar-refractivity contribution in [3.05, 3.63) is 59.2 Å². The Hall–Kier alpha value is -1.74. The normalized spacial score (nSPS) is 10.3. The molecule has 2 aromatic rings. The molecule has 0 aliphatic carbocycles. The Morgan fingerprint density at radius 3 is 2.65 bits per heavy atom. The summed E-state index contributed by atoms with van der Waals surface area (Å²) in [6.45, 7) is 4.00. The molecule has 2 rings (SSSR count). The molecule has 20 heavy (non-hydrogen) atoms. The zero-order valence-corrected chi connectivity index (χ0v) is 12.8. The average Bonchev–Trinajstić information content (AvgIpc) is 2.47. The molecule has 0 radical (unpaired) electrons. The molecular weight excluding hydrogens is 268 g/mol. The van der Waals surface area contributed by atoms with E-state index in [-0.39, 0.29) is 12.4 Å². The highest BCUT2D eigenvalue weighted by Crippen LogP contribution is 2.27. The van der Waals surface area contributed by atoms with Crippen molar-refractivity contribution in [2.45, 2.75) is 18.7 Å². The van der Waals surface area contributed by atoms with Gasteiger partial charge in [-0.25, -0.2) is 0 Å². The number of ether oxygens (including phenoxy) is 1. The topological polar surface area (TPSA) is 26.3 Å². The largest absolute Gasteiger partial charge is 0.484 e. The summed E-state index contributed by atoms with van der Waals surface area (Å²) in [4.78, 5) is 13.3. The van der Waals surface area contributed by atoms with Crippen LogP contribution in [-0.4, -0.2) is 18.6 Å². The summed E-state index contributed by atoms with van der Waals surface area (Å²) >= 11 is 1.61. The van der Waals surface area contributed by atoms with E-state index in [1.807, 2.05) is 62.6 Å². The third-order valence-electron chi connectivity index (χ3n) is 3.12. The summed E-state index contributed by atoms with van der Waals surface area (Å²) in [6.07, 6.45) is 1.99. The van der Waals surface area contributed by atoms with Crippen LogP contribution in [0.1, 0.15) is 21.5 Å². The average molecular weight is 286 g/mol. The van der Waals surface area contributed by atoms with Gasteiger partial charge in [0.15, 0.2) is 12.4 Å². The van der Waals surface area contributed by atoms with Crippen molar-refractivity contribution < 1.29 is 9.53 Å². The Morgan fingerprint density at radius 1 is 1.15 bits per heavy atom. The number of carbonyl (C=O) groups excluding carboxylic acids is 1. The van der Waals surface area contributed by atoms with Gasteiger partial charge in [-0.05, 0) is 43.9 Å². The third kappa shape index (κ3) is 3.42.